The summed E-state index contributed by atoms with van der Waals surface area (Å²) in [5.41, 5.74) is 0. The first-order valence-electron chi connectivity index (χ1n) is 4.40. The van der Waals surface area contributed by atoms with Gasteiger partial charge in [0.1, 0.15) is 0 Å². The van der Waals surface area contributed by atoms with Crippen molar-refractivity contribution in [2.45, 2.75) is 26.7 Å². The molecule has 3 heteroatoms. The third-order valence-corrected chi connectivity index (χ3v) is 1.26. The van der Waals surface area contributed by atoms with Crippen molar-refractivity contribution < 1.29 is 14.3 Å². The number of hydrogen-bond acceptors (Lipinski definition) is 3. The molecule has 0 amide bonds. The molecule has 0 rings (SSSR count). The van der Waals surface area contributed by atoms with E-state index < -0.39 is 5.97 Å². The van der Waals surface area contributed by atoms with Gasteiger partial charge < -0.3 is 9.47 Å². The van der Waals surface area contributed by atoms with Crippen LogP contribution in [0.15, 0.2) is 24.7 Å². The van der Waals surface area contributed by atoms with Gasteiger partial charge >= 0.3 is 5.97 Å². The topological polar surface area (TPSA) is 35.5 Å². The number of hydrogen-bond donors (Lipinski definition) is 0. The van der Waals surface area contributed by atoms with Gasteiger partial charge in [-0.2, -0.15) is 0 Å². The normalized spacial score (nSPS) is 10.0. The summed E-state index contributed by atoms with van der Waals surface area (Å²) >= 11 is 0. The summed E-state index contributed by atoms with van der Waals surface area (Å²) in [7, 11) is 0. The summed E-state index contributed by atoms with van der Waals surface area (Å²) in [6, 6.07) is 0. The number of allylic oxidation sites excluding steroid dienone is 1. The highest BCUT2D eigenvalue weighted by molar-refractivity contribution is 5.85. The predicted octanol–water partition coefficient (Wildman–Crippen LogP) is 2.39. The zero-order chi connectivity index (χ0) is 10.1. The van der Waals surface area contributed by atoms with Crippen molar-refractivity contribution in [2.75, 3.05) is 6.61 Å². The molecular formula is C10H16O3. The molecule has 0 unspecified atom stereocenters. The van der Waals surface area contributed by atoms with Crippen LogP contribution in [0.1, 0.15) is 26.7 Å². The van der Waals surface area contributed by atoms with Crippen LogP contribution in [-0.4, -0.2) is 12.6 Å². The molecule has 0 spiro atoms. The highest BCUT2D eigenvalue weighted by atomic mass is 16.6. The van der Waals surface area contributed by atoms with E-state index in [-0.39, 0.29) is 5.76 Å². The molecule has 0 saturated heterocycles. The highest BCUT2D eigenvalue weighted by Gasteiger charge is 2.06. The van der Waals surface area contributed by atoms with Crippen molar-refractivity contribution in [3.63, 3.8) is 0 Å². The molecule has 74 valence electrons. The Bertz CT molecular complexity index is 194. The number of esters is 1. The van der Waals surface area contributed by atoms with Gasteiger partial charge in [-0.05, 0) is 26.0 Å². The van der Waals surface area contributed by atoms with Crippen LogP contribution in [-0.2, 0) is 14.3 Å². The quantitative estimate of drug-likeness (QED) is 0.361. The van der Waals surface area contributed by atoms with Crippen molar-refractivity contribution >= 4 is 5.97 Å². The minimum Gasteiger partial charge on any atom is -0.460 e. The zero-order valence-corrected chi connectivity index (χ0v) is 8.21. The van der Waals surface area contributed by atoms with Crippen LogP contribution in [0.25, 0.3) is 0 Å². The molecule has 0 radical (unpaired) electrons. The molecule has 0 aromatic carbocycles. The largest absolute Gasteiger partial charge is 0.460 e. The summed E-state index contributed by atoms with van der Waals surface area (Å²) in [6.45, 7) is 7.55. The molecule has 0 fully saturated rings. The number of rotatable bonds is 6. The fourth-order valence-electron chi connectivity index (χ4n) is 0.625. The molecule has 0 N–H and O–H groups in total. The predicted molar refractivity (Wildman–Crippen MR) is 50.9 cm³/mol. The Morgan fingerprint density at radius 3 is 2.69 bits per heavy atom. The first kappa shape index (κ1) is 11.8. The Morgan fingerprint density at radius 1 is 1.46 bits per heavy atom. The minimum absolute atomic E-state index is 0.0224. The lowest BCUT2D eigenvalue weighted by atomic mass is 10.3. The smallest absolute Gasteiger partial charge is 0.373 e. The van der Waals surface area contributed by atoms with Crippen molar-refractivity contribution in [1.29, 1.82) is 0 Å². The van der Waals surface area contributed by atoms with Gasteiger partial charge in [0.2, 0.25) is 5.76 Å². The number of carbonyl (C=O) groups excluding carboxylic acids is 1. The molecule has 0 heterocycles. The molecule has 13 heavy (non-hydrogen) atoms. The van der Waals surface area contributed by atoms with Gasteiger partial charge in [0.15, 0.2) is 0 Å². The van der Waals surface area contributed by atoms with Crippen LogP contribution >= 0.6 is 0 Å². The molecule has 0 aliphatic carbocycles. The van der Waals surface area contributed by atoms with E-state index >= 15 is 0 Å². The van der Waals surface area contributed by atoms with E-state index in [0.29, 0.717) is 6.61 Å². The number of ether oxygens (including phenoxy) is 2. The maximum atomic E-state index is 10.9. The van der Waals surface area contributed by atoms with Crippen molar-refractivity contribution in [3.8, 4) is 0 Å². The number of carbonyl (C=O) groups is 1. The van der Waals surface area contributed by atoms with Crippen LogP contribution in [0, 0.1) is 0 Å². The molecule has 0 atom stereocenters. The van der Waals surface area contributed by atoms with Gasteiger partial charge in [0.25, 0.3) is 0 Å². The average molecular weight is 184 g/mol. The molecular weight excluding hydrogens is 168 g/mol. The van der Waals surface area contributed by atoms with Crippen molar-refractivity contribution in [3.05, 3.63) is 24.7 Å². The summed E-state index contributed by atoms with van der Waals surface area (Å²) in [4.78, 5) is 10.9. The standard InChI is InChI=1S/C10H16O3/c1-4-6-7-8-13-9(3)10(11)12-5-2/h7-8H,3-6H2,1-2H3/b8-7+. The van der Waals surface area contributed by atoms with E-state index in [9.17, 15) is 4.79 Å². The summed E-state index contributed by atoms with van der Waals surface area (Å²) in [5, 5.41) is 0. The number of unbranched alkanes of at least 4 members (excludes halogenated alkanes) is 1. The summed E-state index contributed by atoms with van der Waals surface area (Å²) in [5.74, 6) is -0.488. The van der Waals surface area contributed by atoms with E-state index in [1.54, 1.807) is 6.92 Å². The Hall–Kier alpha value is -1.25. The van der Waals surface area contributed by atoms with E-state index in [1.165, 1.54) is 6.26 Å². The van der Waals surface area contributed by atoms with Gasteiger partial charge in [0.05, 0.1) is 12.9 Å². The Morgan fingerprint density at radius 2 is 2.15 bits per heavy atom. The van der Waals surface area contributed by atoms with E-state index in [2.05, 4.69) is 18.2 Å². The Balaban J connectivity index is 3.67. The lowest BCUT2D eigenvalue weighted by Gasteiger charge is -2.02. The first-order valence-corrected chi connectivity index (χ1v) is 4.40. The summed E-state index contributed by atoms with van der Waals surface area (Å²) in [6.07, 6.45) is 5.27. The van der Waals surface area contributed by atoms with Gasteiger partial charge in [-0.3, -0.25) is 0 Å². The lowest BCUT2D eigenvalue weighted by molar-refractivity contribution is -0.141. The van der Waals surface area contributed by atoms with Crippen LogP contribution in [0.3, 0.4) is 0 Å². The van der Waals surface area contributed by atoms with Crippen LogP contribution in [0.5, 0.6) is 0 Å². The van der Waals surface area contributed by atoms with Crippen LogP contribution in [0.4, 0.5) is 0 Å². The van der Waals surface area contributed by atoms with Gasteiger partial charge in [-0.15, -0.1) is 0 Å². The molecule has 0 aromatic heterocycles. The minimum atomic E-state index is -0.511. The first-order chi connectivity index (χ1) is 6.22. The molecule has 0 bridgehead atoms. The Kier molecular flexibility index (Phi) is 6.69. The maximum Gasteiger partial charge on any atom is 0.373 e. The van der Waals surface area contributed by atoms with Crippen molar-refractivity contribution in [1.82, 2.24) is 0 Å². The third kappa shape index (κ3) is 5.96. The van der Waals surface area contributed by atoms with E-state index in [0.717, 1.165) is 12.8 Å². The lowest BCUT2D eigenvalue weighted by Crippen LogP contribution is -2.07. The van der Waals surface area contributed by atoms with Crippen molar-refractivity contribution in [2.24, 2.45) is 0 Å². The highest BCUT2D eigenvalue weighted by Crippen LogP contribution is 1.99. The Labute approximate surface area is 79.0 Å². The second-order valence-electron chi connectivity index (χ2n) is 2.42. The van der Waals surface area contributed by atoms with Crippen LogP contribution in [0.2, 0.25) is 0 Å². The summed E-state index contributed by atoms with van der Waals surface area (Å²) < 4.78 is 9.57. The fourth-order valence-corrected chi connectivity index (χ4v) is 0.625. The third-order valence-electron chi connectivity index (χ3n) is 1.26. The zero-order valence-electron chi connectivity index (χ0n) is 8.21. The van der Waals surface area contributed by atoms with Gasteiger partial charge in [-0.25, -0.2) is 4.79 Å². The second-order valence-corrected chi connectivity index (χ2v) is 2.42. The fraction of sp³-hybridized carbons (Fsp3) is 0.500. The molecule has 0 aliphatic heterocycles. The van der Waals surface area contributed by atoms with Gasteiger partial charge in [-0.1, -0.05) is 13.3 Å². The molecule has 3 nitrogen and oxygen atoms in total. The van der Waals surface area contributed by atoms with Gasteiger partial charge in [0, 0.05) is 0 Å². The maximum absolute atomic E-state index is 10.9. The van der Waals surface area contributed by atoms with E-state index in [1.807, 2.05) is 6.08 Å². The monoisotopic (exact) mass is 184 g/mol. The molecule has 0 aromatic rings. The average Bonchev–Trinajstić information content (AvgIpc) is 2.12. The molecule has 0 saturated carbocycles. The SMILES string of the molecule is C=C(O/C=C/CCC)C(=O)OCC. The van der Waals surface area contributed by atoms with E-state index in [4.69, 9.17) is 4.74 Å². The molecule has 0 aliphatic rings. The van der Waals surface area contributed by atoms with Crippen LogP contribution < -0.4 is 0 Å². The second kappa shape index (κ2) is 7.40.